The van der Waals surface area contributed by atoms with E-state index in [9.17, 15) is 19.8 Å². The third-order valence-electron chi connectivity index (χ3n) is 0.602. The van der Waals surface area contributed by atoms with Gasteiger partial charge in [0, 0.05) is 12.4 Å². The van der Waals surface area contributed by atoms with E-state index in [1.165, 1.54) is 22.6 Å². The number of carbonyl (C=O) groups excluding carboxylic acids is 2. The zero-order valence-electron chi connectivity index (χ0n) is 6.30. The van der Waals surface area contributed by atoms with Gasteiger partial charge >= 0.3 is 59.1 Å². The standard InChI is InChI=1S/C4H5IO4.2Na/c5-2(4(8)9)1-3(6)7;;/h2H,1H2,(H,6,7)(H,8,9);;/q;2*+1/p-2/t2-;;/m0../s1. The Bertz CT molecular complexity index is 140. The van der Waals surface area contributed by atoms with Crippen molar-refractivity contribution in [1.82, 2.24) is 0 Å². The average molecular weight is 288 g/mol. The number of halogens is 1. The zero-order valence-corrected chi connectivity index (χ0v) is 12.5. The molecule has 52 valence electrons. The van der Waals surface area contributed by atoms with E-state index in [1.807, 2.05) is 0 Å². The van der Waals surface area contributed by atoms with Crippen LogP contribution in [0.15, 0.2) is 0 Å². The minimum Gasteiger partial charge on any atom is -0.550 e. The normalized spacial score (nSPS) is 10.3. The first kappa shape index (κ1) is 18.5. The second kappa shape index (κ2) is 9.76. The Morgan fingerprint density at radius 1 is 1.27 bits per heavy atom. The molecule has 0 aliphatic carbocycles. The molecule has 0 aliphatic heterocycles. The average Bonchev–Trinajstić information content (AvgIpc) is 1.63. The van der Waals surface area contributed by atoms with Gasteiger partial charge in [-0.2, -0.15) is 0 Å². The second-order valence-electron chi connectivity index (χ2n) is 1.36. The summed E-state index contributed by atoms with van der Waals surface area (Å²) < 4.78 is -0.993. The number of carboxylic acids is 2. The predicted octanol–water partition coefficient (Wildman–Crippen LogP) is -8.31. The van der Waals surface area contributed by atoms with E-state index in [0.29, 0.717) is 0 Å². The summed E-state index contributed by atoms with van der Waals surface area (Å²) in [5.74, 6) is -2.75. The fourth-order valence-electron chi connectivity index (χ4n) is 0.230. The number of carboxylic acid groups (broad SMARTS) is 2. The van der Waals surface area contributed by atoms with Gasteiger partial charge in [-0.15, -0.1) is 0 Å². The van der Waals surface area contributed by atoms with Gasteiger partial charge in [0.05, 0.1) is 9.89 Å². The van der Waals surface area contributed by atoms with E-state index in [4.69, 9.17) is 0 Å². The molecule has 0 saturated heterocycles. The van der Waals surface area contributed by atoms with Gasteiger partial charge in [-0.1, -0.05) is 22.6 Å². The first-order valence-corrected chi connectivity index (χ1v) is 3.33. The molecule has 0 radical (unpaired) electrons. The number of hydrogen-bond acceptors (Lipinski definition) is 4. The molecule has 0 amide bonds. The van der Waals surface area contributed by atoms with Crippen molar-refractivity contribution in [1.29, 1.82) is 0 Å². The van der Waals surface area contributed by atoms with Crippen LogP contribution in [-0.4, -0.2) is 15.9 Å². The van der Waals surface area contributed by atoms with Crippen molar-refractivity contribution >= 4 is 34.5 Å². The minimum absolute atomic E-state index is 0. The van der Waals surface area contributed by atoms with E-state index in [2.05, 4.69) is 0 Å². The summed E-state index contributed by atoms with van der Waals surface area (Å²) in [5, 5.41) is 19.5. The summed E-state index contributed by atoms with van der Waals surface area (Å²) in [6.07, 6.45) is -0.497. The summed E-state index contributed by atoms with van der Waals surface area (Å²) in [5.41, 5.74) is 0. The predicted molar refractivity (Wildman–Crippen MR) is 32.4 cm³/mol. The van der Waals surface area contributed by atoms with E-state index >= 15 is 0 Å². The summed E-state index contributed by atoms with van der Waals surface area (Å²) in [4.78, 5) is 19.5. The van der Waals surface area contributed by atoms with Gasteiger partial charge in [0.2, 0.25) is 0 Å². The number of carbonyl (C=O) groups is 2. The third-order valence-corrected chi connectivity index (χ3v) is 1.55. The first-order chi connectivity index (χ1) is 4.04. The smallest absolute Gasteiger partial charge is 0.550 e. The van der Waals surface area contributed by atoms with Gasteiger partial charge in [-0.3, -0.25) is 0 Å². The second-order valence-corrected chi connectivity index (χ2v) is 2.87. The Kier molecular flexibility index (Phi) is 16.4. The number of alkyl halides is 1. The minimum atomic E-state index is -1.38. The summed E-state index contributed by atoms with van der Waals surface area (Å²) in [6, 6.07) is 0. The summed E-state index contributed by atoms with van der Waals surface area (Å²) >= 11 is 1.46. The van der Waals surface area contributed by atoms with Crippen LogP contribution in [0, 0.1) is 0 Å². The maximum atomic E-state index is 9.83. The fraction of sp³-hybridized carbons (Fsp3) is 0.500. The van der Waals surface area contributed by atoms with Crippen LogP contribution in [0.5, 0.6) is 0 Å². The van der Waals surface area contributed by atoms with Crippen molar-refractivity contribution in [2.45, 2.75) is 10.3 Å². The fourth-order valence-corrected chi connectivity index (χ4v) is 0.589. The monoisotopic (exact) mass is 288 g/mol. The van der Waals surface area contributed by atoms with Gasteiger partial charge in [-0.25, -0.2) is 0 Å². The Labute approximate surface area is 122 Å². The van der Waals surface area contributed by atoms with E-state index in [1.54, 1.807) is 0 Å². The van der Waals surface area contributed by atoms with Crippen LogP contribution in [0.4, 0.5) is 0 Å². The molecule has 1 atom stereocenters. The molecule has 0 rings (SSSR count). The first-order valence-electron chi connectivity index (χ1n) is 2.09. The Morgan fingerprint density at radius 2 is 1.64 bits per heavy atom. The molecule has 0 heterocycles. The van der Waals surface area contributed by atoms with Crippen molar-refractivity contribution < 1.29 is 78.9 Å². The van der Waals surface area contributed by atoms with E-state index in [0.717, 1.165) is 0 Å². The molecule has 0 spiro atoms. The van der Waals surface area contributed by atoms with Gasteiger partial charge in [0.1, 0.15) is 0 Å². The van der Waals surface area contributed by atoms with Crippen molar-refractivity contribution in [2.24, 2.45) is 0 Å². The van der Waals surface area contributed by atoms with E-state index in [-0.39, 0.29) is 59.1 Å². The molecular formula is C4H3INa2O4. The Hall–Kier alpha value is 1.67. The molecule has 0 aliphatic rings. The molecular weight excluding hydrogens is 285 g/mol. The van der Waals surface area contributed by atoms with Crippen LogP contribution in [0.3, 0.4) is 0 Å². The molecule has 11 heavy (non-hydrogen) atoms. The van der Waals surface area contributed by atoms with Gasteiger partial charge in [0.15, 0.2) is 0 Å². The van der Waals surface area contributed by atoms with Crippen molar-refractivity contribution in [3.05, 3.63) is 0 Å². The van der Waals surface area contributed by atoms with Crippen molar-refractivity contribution in [2.75, 3.05) is 0 Å². The summed E-state index contributed by atoms with van der Waals surface area (Å²) in [7, 11) is 0. The van der Waals surface area contributed by atoms with Gasteiger partial charge in [-0.05, 0) is 0 Å². The zero-order chi connectivity index (χ0) is 7.44. The van der Waals surface area contributed by atoms with Crippen LogP contribution in [0.2, 0.25) is 0 Å². The van der Waals surface area contributed by atoms with Crippen LogP contribution in [-0.2, 0) is 9.59 Å². The molecule has 0 aromatic heterocycles. The molecule has 0 saturated carbocycles. The van der Waals surface area contributed by atoms with Crippen LogP contribution < -0.4 is 69.3 Å². The third kappa shape index (κ3) is 11.7. The molecule has 0 aromatic carbocycles. The van der Waals surface area contributed by atoms with Crippen LogP contribution in [0.1, 0.15) is 6.42 Å². The molecule has 0 aromatic rings. The van der Waals surface area contributed by atoms with Crippen molar-refractivity contribution in [3.63, 3.8) is 0 Å². The van der Waals surface area contributed by atoms with Gasteiger partial charge < -0.3 is 19.8 Å². The number of rotatable bonds is 3. The topological polar surface area (TPSA) is 80.3 Å². The Balaban J connectivity index is -0.000000320. The molecule has 0 bridgehead atoms. The molecule has 0 N–H and O–H groups in total. The quantitative estimate of drug-likeness (QED) is 0.293. The molecule has 0 unspecified atom stereocenters. The Morgan fingerprint density at radius 3 is 1.73 bits per heavy atom. The molecule has 4 nitrogen and oxygen atoms in total. The maximum absolute atomic E-state index is 9.83. The van der Waals surface area contributed by atoms with Crippen LogP contribution >= 0.6 is 22.6 Å². The van der Waals surface area contributed by atoms with Crippen LogP contribution in [0.25, 0.3) is 0 Å². The molecule has 0 fully saturated rings. The maximum Gasteiger partial charge on any atom is 1.00 e. The SMILES string of the molecule is O=C([O-])C[C@H](I)C(=O)[O-].[Na+].[Na+]. The van der Waals surface area contributed by atoms with Gasteiger partial charge in [0.25, 0.3) is 0 Å². The largest absolute Gasteiger partial charge is 1.00 e. The van der Waals surface area contributed by atoms with Crippen molar-refractivity contribution in [3.8, 4) is 0 Å². The number of aliphatic carboxylic acids is 2. The number of hydrogen-bond donors (Lipinski definition) is 0. The summed E-state index contributed by atoms with van der Waals surface area (Å²) in [6.45, 7) is 0. The molecule has 7 heteroatoms. The van der Waals surface area contributed by atoms with E-state index < -0.39 is 22.3 Å².